The zero-order valence-electron chi connectivity index (χ0n) is 9.46. The van der Waals surface area contributed by atoms with Crippen molar-refractivity contribution in [3.8, 4) is 0 Å². The van der Waals surface area contributed by atoms with Crippen LogP contribution < -0.4 is 5.32 Å². The molecule has 0 aliphatic heterocycles. The number of carbonyl (C=O) groups is 1. The lowest BCUT2D eigenvalue weighted by Gasteiger charge is -2.37. The third-order valence-electron chi connectivity index (χ3n) is 3.53. The van der Waals surface area contributed by atoms with Gasteiger partial charge in [0, 0.05) is 6.54 Å². The van der Waals surface area contributed by atoms with E-state index in [0.29, 0.717) is 12.5 Å². The van der Waals surface area contributed by atoms with Gasteiger partial charge in [0.05, 0.1) is 0 Å². The molecule has 0 heterocycles. The third-order valence-corrected chi connectivity index (χ3v) is 3.53. The average Bonchev–Trinajstić information content (AvgIpc) is 2.27. The van der Waals surface area contributed by atoms with Gasteiger partial charge in [-0.3, -0.25) is 10.1 Å². The fourth-order valence-electron chi connectivity index (χ4n) is 2.31. The molecule has 0 unspecified atom stereocenters. The van der Waals surface area contributed by atoms with Crippen LogP contribution in [0.5, 0.6) is 0 Å². The van der Waals surface area contributed by atoms with Crippen LogP contribution in [0.3, 0.4) is 0 Å². The number of carboxylic acids is 1. The van der Waals surface area contributed by atoms with Gasteiger partial charge in [-0.2, -0.15) is 0 Å². The van der Waals surface area contributed by atoms with Gasteiger partial charge in [0.25, 0.3) is 0 Å². The van der Waals surface area contributed by atoms with Crippen LogP contribution in [0, 0.1) is 5.92 Å². The minimum absolute atomic E-state index is 0.573. The fraction of sp³-hybridized carbons (Fsp3) is 0.750. The lowest BCUT2D eigenvalue weighted by atomic mass is 9.75. The molecular weight excluding hydrogens is 190 g/mol. The molecule has 1 fully saturated rings. The molecule has 86 valence electrons. The first-order chi connectivity index (χ1) is 7.14. The fourth-order valence-corrected chi connectivity index (χ4v) is 2.31. The van der Waals surface area contributed by atoms with E-state index in [4.69, 9.17) is 0 Å². The number of nitrogens with one attached hydrogen (secondary N) is 1. The highest BCUT2D eigenvalue weighted by molar-refractivity contribution is 5.79. The molecule has 1 rings (SSSR count). The largest absolute Gasteiger partial charge is 0.480 e. The minimum atomic E-state index is -0.709. The molecule has 0 aromatic heterocycles. The molecule has 0 aromatic carbocycles. The maximum Gasteiger partial charge on any atom is 0.323 e. The van der Waals surface area contributed by atoms with Crippen LogP contribution in [0.1, 0.15) is 39.0 Å². The lowest BCUT2D eigenvalue weighted by Crippen LogP contribution is -2.54. The van der Waals surface area contributed by atoms with E-state index < -0.39 is 11.5 Å². The van der Waals surface area contributed by atoms with E-state index in [9.17, 15) is 9.90 Å². The van der Waals surface area contributed by atoms with E-state index in [0.717, 1.165) is 32.1 Å². The van der Waals surface area contributed by atoms with Gasteiger partial charge >= 0.3 is 5.97 Å². The Labute approximate surface area is 91.6 Å². The summed E-state index contributed by atoms with van der Waals surface area (Å²) >= 11 is 0. The standard InChI is InChI=1S/C12H21NO2/c1-3-9-13-12(11(14)15)7-5-10(4-2)6-8-12/h3,10,13H,1,4-9H2,2H3,(H,14,15). The summed E-state index contributed by atoms with van der Waals surface area (Å²) < 4.78 is 0. The van der Waals surface area contributed by atoms with Gasteiger partial charge in [-0.1, -0.05) is 19.4 Å². The molecule has 0 bridgehead atoms. The Bertz CT molecular complexity index is 230. The summed E-state index contributed by atoms with van der Waals surface area (Å²) in [6, 6.07) is 0. The maximum atomic E-state index is 11.3. The summed E-state index contributed by atoms with van der Waals surface area (Å²) in [5.74, 6) is 0.00177. The molecule has 0 radical (unpaired) electrons. The summed E-state index contributed by atoms with van der Waals surface area (Å²) in [7, 11) is 0. The normalized spacial score (nSPS) is 31.1. The van der Waals surface area contributed by atoms with E-state index in [1.165, 1.54) is 0 Å². The van der Waals surface area contributed by atoms with Crippen LogP contribution in [-0.2, 0) is 4.79 Å². The highest BCUT2D eigenvalue weighted by Gasteiger charge is 2.40. The highest BCUT2D eigenvalue weighted by Crippen LogP contribution is 2.33. The Hall–Kier alpha value is -0.830. The molecule has 1 aliphatic rings. The van der Waals surface area contributed by atoms with Crippen molar-refractivity contribution >= 4 is 5.97 Å². The van der Waals surface area contributed by atoms with Gasteiger partial charge in [-0.25, -0.2) is 0 Å². The molecule has 0 spiro atoms. The van der Waals surface area contributed by atoms with E-state index in [2.05, 4.69) is 18.8 Å². The number of hydrogen-bond acceptors (Lipinski definition) is 2. The van der Waals surface area contributed by atoms with Crippen molar-refractivity contribution in [1.82, 2.24) is 5.32 Å². The van der Waals surface area contributed by atoms with Crippen LogP contribution >= 0.6 is 0 Å². The molecule has 0 saturated heterocycles. The topological polar surface area (TPSA) is 49.3 Å². The minimum Gasteiger partial charge on any atom is -0.480 e. The van der Waals surface area contributed by atoms with Gasteiger partial charge in [0.2, 0.25) is 0 Å². The van der Waals surface area contributed by atoms with Gasteiger partial charge < -0.3 is 5.11 Å². The van der Waals surface area contributed by atoms with Gasteiger partial charge in [-0.05, 0) is 31.6 Å². The second-order valence-electron chi connectivity index (χ2n) is 4.41. The van der Waals surface area contributed by atoms with E-state index in [-0.39, 0.29) is 0 Å². The predicted molar refractivity (Wildman–Crippen MR) is 60.8 cm³/mol. The quantitative estimate of drug-likeness (QED) is 0.685. The third kappa shape index (κ3) is 2.81. The first-order valence-corrected chi connectivity index (χ1v) is 5.74. The second kappa shape index (κ2) is 5.31. The average molecular weight is 211 g/mol. The first-order valence-electron chi connectivity index (χ1n) is 5.74. The monoisotopic (exact) mass is 211 g/mol. The SMILES string of the molecule is C=CCNC1(C(=O)O)CCC(CC)CC1. The summed E-state index contributed by atoms with van der Waals surface area (Å²) in [5.41, 5.74) is -0.695. The summed E-state index contributed by atoms with van der Waals surface area (Å²) in [6.45, 7) is 6.36. The number of carboxylic acid groups (broad SMARTS) is 1. The molecule has 0 atom stereocenters. The molecule has 1 aliphatic carbocycles. The Kier molecular flexibility index (Phi) is 4.33. The van der Waals surface area contributed by atoms with Gasteiger partial charge in [0.1, 0.15) is 5.54 Å². The zero-order chi connectivity index (χ0) is 11.3. The number of aliphatic carboxylic acids is 1. The van der Waals surface area contributed by atoms with Crippen molar-refractivity contribution in [3.05, 3.63) is 12.7 Å². The van der Waals surface area contributed by atoms with Crippen molar-refractivity contribution in [2.24, 2.45) is 5.92 Å². The predicted octanol–water partition coefficient (Wildman–Crippen LogP) is 2.19. The Morgan fingerprint density at radius 1 is 1.60 bits per heavy atom. The Balaban J connectivity index is 2.60. The smallest absolute Gasteiger partial charge is 0.323 e. The van der Waals surface area contributed by atoms with Crippen molar-refractivity contribution in [1.29, 1.82) is 0 Å². The molecule has 3 heteroatoms. The second-order valence-corrected chi connectivity index (χ2v) is 4.41. The molecule has 2 N–H and O–H groups in total. The van der Waals surface area contributed by atoms with E-state index in [1.807, 2.05) is 0 Å². The van der Waals surface area contributed by atoms with Crippen LogP contribution in [-0.4, -0.2) is 23.2 Å². The van der Waals surface area contributed by atoms with E-state index >= 15 is 0 Å². The Morgan fingerprint density at radius 3 is 2.60 bits per heavy atom. The number of rotatable bonds is 5. The molecular formula is C12H21NO2. The van der Waals surface area contributed by atoms with Crippen molar-refractivity contribution < 1.29 is 9.90 Å². The maximum absolute atomic E-state index is 11.3. The van der Waals surface area contributed by atoms with Crippen molar-refractivity contribution in [2.45, 2.75) is 44.6 Å². The summed E-state index contributed by atoms with van der Waals surface area (Å²) in [6.07, 6.45) is 6.41. The summed E-state index contributed by atoms with van der Waals surface area (Å²) in [5, 5.41) is 12.4. The first kappa shape index (κ1) is 12.2. The zero-order valence-corrected chi connectivity index (χ0v) is 9.46. The van der Waals surface area contributed by atoms with Gasteiger partial charge in [-0.15, -0.1) is 6.58 Å². The van der Waals surface area contributed by atoms with Crippen LogP contribution in [0.25, 0.3) is 0 Å². The molecule has 0 aromatic rings. The van der Waals surface area contributed by atoms with Crippen LogP contribution in [0.2, 0.25) is 0 Å². The molecule has 3 nitrogen and oxygen atoms in total. The molecule has 1 saturated carbocycles. The van der Waals surface area contributed by atoms with E-state index in [1.54, 1.807) is 6.08 Å². The van der Waals surface area contributed by atoms with Crippen molar-refractivity contribution in [2.75, 3.05) is 6.54 Å². The van der Waals surface area contributed by atoms with Gasteiger partial charge in [0.15, 0.2) is 0 Å². The summed E-state index contributed by atoms with van der Waals surface area (Å²) in [4.78, 5) is 11.3. The van der Waals surface area contributed by atoms with Crippen LogP contribution in [0.4, 0.5) is 0 Å². The van der Waals surface area contributed by atoms with Crippen molar-refractivity contribution in [3.63, 3.8) is 0 Å². The molecule has 0 amide bonds. The van der Waals surface area contributed by atoms with Crippen LogP contribution in [0.15, 0.2) is 12.7 Å². The molecule has 15 heavy (non-hydrogen) atoms. The Morgan fingerprint density at radius 2 is 2.20 bits per heavy atom. The highest BCUT2D eigenvalue weighted by atomic mass is 16.4. The lowest BCUT2D eigenvalue weighted by molar-refractivity contribution is -0.146. The number of hydrogen-bond donors (Lipinski definition) is 2.